The molecule has 0 unspecified atom stereocenters. The molecule has 184 valence electrons. The van der Waals surface area contributed by atoms with E-state index in [0.29, 0.717) is 23.9 Å². The van der Waals surface area contributed by atoms with Crippen LogP contribution in [-0.2, 0) is 31.4 Å². The van der Waals surface area contributed by atoms with E-state index in [1.54, 1.807) is 16.4 Å². The lowest BCUT2D eigenvalue weighted by Gasteiger charge is -2.52. The summed E-state index contributed by atoms with van der Waals surface area (Å²) in [6.07, 6.45) is 3.92. The predicted molar refractivity (Wildman–Crippen MR) is 134 cm³/mol. The Morgan fingerprint density at radius 2 is 1.74 bits per heavy atom. The monoisotopic (exact) mass is 483 g/mol. The van der Waals surface area contributed by atoms with E-state index in [1.165, 1.54) is 12.7 Å². The van der Waals surface area contributed by atoms with Gasteiger partial charge in [-0.25, -0.2) is 8.42 Å². The number of ether oxygens (including phenoxy) is 1. The van der Waals surface area contributed by atoms with Gasteiger partial charge in [-0.2, -0.15) is 4.31 Å². The molecule has 1 saturated carbocycles. The molecule has 1 heterocycles. The van der Waals surface area contributed by atoms with Crippen LogP contribution in [0.3, 0.4) is 0 Å². The third kappa shape index (κ3) is 4.94. The lowest BCUT2D eigenvalue weighted by atomic mass is 9.58. The molecule has 0 N–H and O–H groups in total. The number of carbonyl (C=O) groups is 1. The maximum atomic E-state index is 13.7. The maximum absolute atomic E-state index is 13.7. The van der Waals surface area contributed by atoms with Gasteiger partial charge in [0.05, 0.1) is 17.9 Å². The Kier molecular flexibility index (Phi) is 6.94. The van der Waals surface area contributed by atoms with Gasteiger partial charge in [-0.05, 0) is 72.1 Å². The molecule has 2 aromatic rings. The molecule has 0 radical (unpaired) electrons. The normalized spacial score (nSPS) is 26.0. The van der Waals surface area contributed by atoms with Crippen molar-refractivity contribution in [2.24, 2.45) is 17.3 Å². The van der Waals surface area contributed by atoms with Crippen LogP contribution in [0.2, 0.25) is 0 Å². The molecule has 6 heteroatoms. The number of sulfonamides is 1. The summed E-state index contributed by atoms with van der Waals surface area (Å²) >= 11 is 0. The SMILES string of the molecule is COC(=O)[C@H]1CC[C@]2(Cc3ccccc3)CN(S(=O)(=O)c3ccc(C(C)(C)C)cc3)CC[C@H]2C1. The van der Waals surface area contributed by atoms with E-state index in [1.807, 2.05) is 30.3 Å². The molecule has 2 aromatic carbocycles. The summed E-state index contributed by atoms with van der Waals surface area (Å²) in [5.41, 5.74) is 2.13. The van der Waals surface area contributed by atoms with Gasteiger partial charge in [0, 0.05) is 13.1 Å². The maximum Gasteiger partial charge on any atom is 0.308 e. The number of hydrogen-bond donors (Lipinski definition) is 0. The standard InChI is InChI=1S/C28H37NO4S/c1-27(2,3)23-10-12-25(13-11-23)34(31,32)29-17-15-24-18-22(26(30)33-4)14-16-28(24,20-29)19-21-8-6-5-7-9-21/h5-13,22,24H,14-20H2,1-4H3/t22-,24-,28-/m0/s1. The lowest BCUT2D eigenvalue weighted by Crippen LogP contribution is -2.54. The van der Waals surface area contributed by atoms with Crippen LogP contribution in [0.25, 0.3) is 0 Å². The van der Waals surface area contributed by atoms with Crippen LogP contribution >= 0.6 is 0 Å². The van der Waals surface area contributed by atoms with Gasteiger partial charge in [0.1, 0.15) is 0 Å². The van der Waals surface area contributed by atoms with E-state index in [4.69, 9.17) is 4.74 Å². The van der Waals surface area contributed by atoms with Gasteiger partial charge >= 0.3 is 5.97 Å². The zero-order valence-electron chi connectivity index (χ0n) is 20.8. The van der Waals surface area contributed by atoms with Crippen molar-refractivity contribution in [2.45, 2.75) is 63.2 Å². The van der Waals surface area contributed by atoms with Crippen LogP contribution in [0.4, 0.5) is 0 Å². The highest BCUT2D eigenvalue weighted by molar-refractivity contribution is 7.89. The highest BCUT2D eigenvalue weighted by atomic mass is 32.2. The fourth-order valence-corrected chi connectivity index (χ4v) is 7.44. The number of fused-ring (bicyclic) bond motifs is 1. The van der Waals surface area contributed by atoms with Crippen molar-refractivity contribution in [1.29, 1.82) is 0 Å². The molecule has 2 fully saturated rings. The first kappa shape index (κ1) is 24.9. The molecular formula is C28H37NO4S. The van der Waals surface area contributed by atoms with E-state index in [9.17, 15) is 13.2 Å². The summed E-state index contributed by atoms with van der Waals surface area (Å²) in [6.45, 7) is 7.35. The minimum Gasteiger partial charge on any atom is -0.469 e. The molecule has 5 nitrogen and oxygen atoms in total. The van der Waals surface area contributed by atoms with Gasteiger partial charge in [-0.15, -0.1) is 0 Å². The average molecular weight is 484 g/mol. The molecule has 0 spiro atoms. The van der Waals surface area contributed by atoms with Gasteiger partial charge in [0.25, 0.3) is 0 Å². The average Bonchev–Trinajstić information content (AvgIpc) is 2.83. The van der Waals surface area contributed by atoms with Crippen LogP contribution in [0.1, 0.15) is 57.6 Å². The van der Waals surface area contributed by atoms with Crippen molar-refractivity contribution >= 4 is 16.0 Å². The Hall–Kier alpha value is -2.18. The highest BCUT2D eigenvalue weighted by Gasteiger charge is 2.50. The number of hydrogen-bond acceptors (Lipinski definition) is 4. The van der Waals surface area contributed by atoms with E-state index in [2.05, 4.69) is 32.9 Å². The second kappa shape index (κ2) is 9.46. The minimum atomic E-state index is -3.60. The van der Waals surface area contributed by atoms with E-state index < -0.39 is 10.0 Å². The lowest BCUT2D eigenvalue weighted by molar-refractivity contribution is -0.149. The molecule has 2 aliphatic rings. The smallest absolute Gasteiger partial charge is 0.308 e. The molecular weight excluding hydrogens is 446 g/mol. The molecule has 4 rings (SSSR count). The van der Waals surface area contributed by atoms with E-state index in [0.717, 1.165) is 37.7 Å². The fourth-order valence-electron chi connectivity index (χ4n) is 5.89. The Bertz CT molecular complexity index is 1110. The summed E-state index contributed by atoms with van der Waals surface area (Å²) in [4.78, 5) is 12.6. The first-order valence-electron chi connectivity index (χ1n) is 12.3. The molecule has 0 bridgehead atoms. The van der Waals surface area contributed by atoms with Gasteiger partial charge in [0.15, 0.2) is 0 Å². The summed E-state index contributed by atoms with van der Waals surface area (Å²) < 4.78 is 34.1. The Balaban J connectivity index is 1.62. The van der Waals surface area contributed by atoms with Crippen molar-refractivity contribution in [1.82, 2.24) is 4.31 Å². The molecule has 34 heavy (non-hydrogen) atoms. The zero-order chi connectivity index (χ0) is 24.6. The largest absolute Gasteiger partial charge is 0.469 e. The molecule has 0 aromatic heterocycles. The van der Waals surface area contributed by atoms with Crippen LogP contribution in [0.15, 0.2) is 59.5 Å². The molecule has 3 atom stereocenters. The number of piperidine rings is 1. The number of benzene rings is 2. The quantitative estimate of drug-likeness (QED) is 0.549. The fraction of sp³-hybridized carbons (Fsp3) is 0.536. The van der Waals surface area contributed by atoms with Crippen LogP contribution in [0, 0.1) is 17.3 Å². The molecule has 1 aliphatic carbocycles. The van der Waals surface area contributed by atoms with Crippen molar-refractivity contribution in [3.05, 3.63) is 65.7 Å². The van der Waals surface area contributed by atoms with Crippen molar-refractivity contribution < 1.29 is 17.9 Å². The number of nitrogens with zero attached hydrogens (tertiary/aromatic N) is 1. The molecule has 1 aliphatic heterocycles. The Morgan fingerprint density at radius 1 is 1.06 bits per heavy atom. The van der Waals surface area contributed by atoms with Crippen molar-refractivity contribution in [2.75, 3.05) is 20.2 Å². The first-order chi connectivity index (χ1) is 16.0. The van der Waals surface area contributed by atoms with Crippen LogP contribution in [-0.4, -0.2) is 38.9 Å². The van der Waals surface area contributed by atoms with Gasteiger partial charge in [-0.1, -0.05) is 63.2 Å². The number of carbonyl (C=O) groups excluding carboxylic acids is 1. The van der Waals surface area contributed by atoms with Crippen LogP contribution < -0.4 is 0 Å². The van der Waals surface area contributed by atoms with Gasteiger partial charge in [0.2, 0.25) is 10.0 Å². The van der Waals surface area contributed by atoms with Gasteiger partial charge < -0.3 is 4.74 Å². The summed E-state index contributed by atoms with van der Waals surface area (Å²) in [6, 6.07) is 17.7. The third-order valence-electron chi connectivity index (χ3n) is 7.94. The summed E-state index contributed by atoms with van der Waals surface area (Å²) in [5.74, 6) is 0.0644. The summed E-state index contributed by atoms with van der Waals surface area (Å²) in [5, 5.41) is 0. The topological polar surface area (TPSA) is 63.7 Å². The second-order valence-electron chi connectivity index (χ2n) is 11.1. The van der Waals surface area contributed by atoms with E-state index in [-0.39, 0.29) is 22.7 Å². The highest BCUT2D eigenvalue weighted by Crippen LogP contribution is 2.51. The van der Waals surface area contributed by atoms with Crippen molar-refractivity contribution in [3.8, 4) is 0 Å². The second-order valence-corrected chi connectivity index (χ2v) is 13.1. The number of methoxy groups -OCH3 is 1. The predicted octanol–water partition coefficient (Wildman–Crippen LogP) is 5.20. The minimum absolute atomic E-state index is 0.0291. The van der Waals surface area contributed by atoms with Crippen molar-refractivity contribution in [3.63, 3.8) is 0 Å². The Morgan fingerprint density at radius 3 is 2.35 bits per heavy atom. The zero-order valence-corrected chi connectivity index (χ0v) is 21.6. The number of rotatable bonds is 5. The number of esters is 1. The molecule has 1 saturated heterocycles. The van der Waals surface area contributed by atoms with E-state index >= 15 is 0 Å². The van der Waals surface area contributed by atoms with Crippen LogP contribution in [0.5, 0.6) is 0 Å². The Labute approximate surface area is 204 Å². The first-order valence-corrected chi connectivity index (χ1v) is 13.7. The van der Waals surface area contributed by atoms with Gasteiger partial charge in [-0.3, -0.25) is 4.79 Å². The molecule has 0 amide bonds. The summed E-state index contributed by atoms with van der Waals surface area (Å²) in [7, 11) is -2.15. The third-order valence-corrected chi connectivity index (χ3v) is 9.80.